The molecule has 3 aromatic rings. The molecule has 1 fully saturated rings. The number of unbranched alkanes of at least 4 members (excludes halogenated alkanes) is 2. The fourth-order valence-electron chi connectivity index (χ4n) is 5.37. The lowest BCUT2D eigenvalue weighted by Crippen LogP contribution is -2.48. The number of carbonyl (C=O) groups excluding carboxylic acids is 2. The molecule has 5 rings (SSSR count). The highest BCUT2D eigenvalue weighted by atomic mass is 32.2. The molecule has 2 aliphatic heterocycles. The van der Waals surface area contributed by atoms with Gasteiger partial charge in [-0.2, -0.15) is 13.2 Å². The molecule has 0 saturated carbocycles. The maximum absolute atomic E-state index is 11.8. The normalized spacial score (nSPS) is 15.6. The van der Waals surface area contributed by atoms with Crippen LogP contribution in [0.2, 0.25) is 0 Å². The number of aliphatic carboxylic acids is 1. The number of anilines is 1. The summed E-state index contributed by atoms with van der Waals surface area (Å²) in [6.07, 6.45) is 3.20. The number of aromatic nitrogens is 3. The molecule has 2 aromatic heterocycles. The fourth-order valence-corrected chi connectivity index (χ4v) is 6.42. The predicted octanol–water partition coefficient (Wildman–Crippen LogP) is 4.03. The monoisotopic (exact) mass is 691 g/mol. The number of carbonyl (C=O) groups is 3. The Hall–Kier alpha value is -4.15. The summed E-state index contributed by atoms with van der Waals surface area (Å²) in [5.74, 6) is -0.999. The molecule has 0 spiro atoms. The van der Waals surface area contributed by atoms with Gasteiger partial charge in [-0.3, -0.25) is 24.3 Å². The second-order valence-electron chi connectivity index (χ2n) is 11.3. The van der Waals surface area contributed by atoms with Gasteiger partial charge in [0.15, 0.2) is 0 Å². The molecule has 0 radical (unpaired) electrons. The number of rotatable bonds is 13. The minimum absolute atomic E-state index is 0.212. The molecule has 4 heterocycles. The van der Waals surface area contributed by atoms with Crippen LogP contribution in [0.15, 0.2) is 47.6 Å². The fraction of sp³-hybridized carbons (Fsp3) is 0.469. The van der Waals surface area contributed by atoms with E-state index in [0.717, 1.165) is 72.3 Å². The Morgan fingerprint density at radius 3 is 2.29 bits per heavy atom. The summed E-state index contributed by atoms with van der Waals surface area (Å²) in [7, 11) is 1.72. The number of halogens is 3. The molecule has 16 heteroatoms. The van der Waals surface area contributed by atoms with E-state index in [1.165, 1.54) is 35.5 Å². The second-order valence-corrected chi connectivity index (χ2v) is 12.4. The molecule has 0 bridgehead atoms. The SMILES string of the molecule is CCCCCSc1nc(N)nc2ccn(Cc3ccc(CN4CCN(CCN5C(=O)C=CC5=O)CC4)cc3OC)c12.O=C(O)C(F)(F)F. The van der Waals surface area contributed by atoms with E-state index in [1.807, 2.05) is 12.3 Å². The van der Waals surface area contributed by atoms with E-state index in [2.05, 4.69) is 49.5 Å². The third-order valence-electron chi connectivity index (χ3n) is 7.93. The number of ether oxygens (including phenoxy) is 1. The van der Waals surface area contributed by atoms with Gasteiger partial charge in [0, 0.05) is 69.7 Å². The number of alkyl halides is 3. The summed E-state index contributed by atoms with van der Waals surface area (Å²) < 4.78 is 39.8. The van der Waals surface area contributed by atoms with Crippen LogP contribution in [-0.4, -0.2) is 110 Å². The lowest BCUT2D eigenvalue weighted by atomic mass is 10.1. The Morgan fingerprint density at radius 1 is 1.00 bits per heavy atom. The van der Waals surface area contributed by atoms with Crippen molar-refractivity contribution < 1.29 is 37.4 Å². The number of carboxylic acids is 1. The van der Waals surface area contributed by atoms with Gasteiger partial charge in [-0.15, -0.1) is 11.8 Å². The van der Waals surface area contributed by atoms with Gasteiger partial charge in [0.2, 0.25) is 5.95 Å². The average Bonchev–Trinajstić information content (AvgIpc) is 3.60. The lowest BCUT2D eigenvalue weighted by Gasteiger charge is -2.35. The van der Waals surface area contributed by atoms with Crippen molar-refractivity contribution in [1.29, 1.82) is 0 Å². The number of thioether (sulfide) groups is 1. The quantitative estimate of drug-likeness (QED) is 0.116. The van der Waals surface area contributed by atoms with Crippen molar-refractivity contribution >= 4 is 46.5 Å². The van der Waals surface area contributed by atoms with Gasteiger partial charge in [0.1, 0.15) is 16.3 Å². The number of imide groups is 1. The number of fused-ring (bicyclic) bond motifs is 1. The van der Waals surface area contributed by atoms with Crippen LogP contribution in [0.25, 0.3) is 11.0 Å². The Morgan fingerprint density at radius 2 is 1.67 bits per heavy atom. The minimum Gasteiger partial charge on any atom is -0.496 e. The van der Waals surface area contributed by atoms with Crippen LogP contribution in [0.4, 0.5) is 19.1 Å². The van der Waals surface area contributed by atoms with Crippen molar-refractivity contribution in [1.82, 2.24) is 29.2 Å². The zero-order valence-electron chi connectivity index (χ0n) is 26.9. The summed E-state index contributed by atoms with van der Waals surface area (Å²) in [5.41, 5.74) is 10.2. The summed E-state index contributed by atoms with van der Waals surface area (Å²) >= 11 is 1.75. The first-order valence-corrected chi connectivity index (χ1v) is 16.6. The zero-order valence-corrected chi connectivity index (χ0v) is 27.7. The predicted molar refractivity (Wildman–Crippen MR) is 176 cm³/mol. The molecule has 1 saturated heterocycles. The van der Waals surface area contributed by atoms with Crippen molar-refractivity contribution in [3.8, 4) is 5.75 Å². The van der Waals surface area contributed by atoms with Crippen molar-refractivity contribution in [2.45, 2.75) is 50.5 Å². The molecule has 1 aromatic carbocycles. The molecule has 12 nitrogen and oxygen atoms in total. The first-order chi connectivity index (χ1) is 22.9. The van der Waals surface area contributed by atoms with Gasteiger partial charge in [-0.05, 0) is 29.9 Å². The third kappa shape index (κ3) is 9.93. The molecular formula is C32H40F3N7O5S. The smallest absolute Gasteiger partial charge is 0.490 e. The summed E-state index contributed by atoms with van der Waals surface area (Å²) in [6, 6.07) is 8.48. The Bertz CT molecular complexity index is 1610. The maximum Gasteiger partial charge on any atom is 0.490 e. The van der Waals surface area contributed by atoms with Gasteiger partial charge < -0.3 is 20.1 Å². The van der Waals surface area contributed by atoms with Crippen LogP contribution in [0, 0.1) is 0 Å². The number of hydrogen-bond donors (Lipinski definition) is 2. The molecule has 0 atom stereocenters. The van der Waals surface area contributed by atoms with Crippen LogP contribution < -0.4 is 10.5 Å². The highest BCUT2D eigenvalue weighted by Crippen LogP contribution is 2.30. The number of piperazine rings is 1. The highest BCUT2D eigenvalue weighted by molar-refractivity contribution is 7.99. The highest BCUT2D eigenvalue weighted by Gasteiger charge is 2.38. The van der Waals surface area contributed by atoms with Gasteiger partial charge in [0.05, 0.1) is 19.2 Å². The molecule has 0 aliphatic carbocycles. The number of methoxy groups -OCH3 is 1. The summed E-state index contributed by atoms with van der Waals surface area (Å²) in [6.45, 7) is 8.53. The van der Waals surface area contributed by atoms with Crippen LogP contribution in [-0.2, 0) is 27.5 Å². The second kappa shape index (κ2) is 16.8. The van der Waals surface area contributed by atoms with E-state index in [9.17, 15) is 22.8 Å². The van der Waals surface area contributed by atoms with Gasteiger partial charge in [0.25, 0.3) is 11.8 Å². The maximum atomic E-state index is 11.8. The standard InChI is InChI=1S/C30H39N7O3S.C2HF3O2/c1-3-4-5-18-41-29-28-24(32-30(31)33-29)10-11-36(28)21-23-7-6-22(19-25(23)40-2)20-35-14-12-34(13-15-35)16-17-37-26(38)8-9-27(37)39;3-2(4,5)1(6)7/h6-11,19H,3-5,12-18,20-21H2,1-2H3,(H2,31,32,33);(H,6,7). The van der Waals surface area contributed by atoms with Gasteiger partial charge >= 0.3 is 12.1 Å². The molecule has 3 N–H and O–H groups in total. The van der Waals surface area contributed by atoms with E-state index in [0.29, 0.717) is 25.6 Å². The first kappa shape index (κ1) is 36.7. The molecule has 2 aliphatic rings. The summed E-state index contributed by atoms with van der Waals surface area (Å²) in [5, 5.41) is 8.05. The minimum atomic E-state index is -5.08. The number of benzene rings is 1. The summed E-state index contributed by atoms with van der Waals surface area (Å²) in [4.78, 5) is 47.6. The van der Waals surface area contributed by atoms with E-state index >= 15 is 0 Å². The van der Waals surface area contributed by atoms with Crippen molar-refractivity contribution in [2.24, 2.45) is 0 Å². The molecule has 48 heavy (non-hydrogen) atoms. The number of hydrogen-bond acceptors (Lipinski definition) is 10. The number of carboxylic acid groups (broad SMARTS) is 1. The van der Waals surface area contributed by atoms with E-state index in [1.54, 1.807) is 18.9 Å². The first-order valence-electron chi connectivity index (χ1n) is 15.6. The Kier molecular flexibility index (Phi) is 12.8. The van der Waals surface area contributed by atoms with Crippen LogP contribution >= 0.6 is 11.8 Å². The van der Waals surface area contributed by atoms with E-state index in [4.69, 9.17) is 20.4 Å². The van der Waals surface area contributed by atoms with E-state index < -0.39 is 12.1 Å². The van der Waals surface area contributed by atoms with Gasteiger partial charge in [-0.1, -0.05) is 31.9 Å². The number of amides is 2. The number of nitrogens with two attached hydrogens (primary N) is 1. The van der Waals surface area contributed by atoms with E-state index in [-0.39, 0.29) is 11.8 Å². The van der Waals surface area contributed by atoms with Crippen molar-refractivity contribution in [3.63, 3.8) is 0 Å². The zero-order chi connectivity index (χ0) is 34.8. The molecule has 260 valence electrons. The largest absolute Gasteiger partial charge is 0.496 e. The molecule has 0 unspecified atom stereocenters. The molecule has 2 amide bonds. The third-order valence-corrected chi connectivity index (χ3v) is 8.98. The van der Waals surface area contributed by atoms with Gasteiger partial charge in [-0.25, -0.2) is 14.8 Å². The Balaban J connectivity index is 0.000000671. The number of nitrogen functional groups attached to an aromatic ring is 1. The van der Waals surface area contributed by atoms with Crippen LogP contribution in [0.5, 0.6) is 5.75 Å². The van der Waals surface area contributed by atoms with Crippen molar-refractivity contribution in [3.05, 3.63) is 53.7 Å². The average molecular weight is 692 g/mol. The topological polar surface area (TPSA) is 147 Å². The van der Waals surface area contributed by atoms with Crippen molar-refractivity contribution in [2.75, 3.05) is 57.9 Å². The van der Waals surface area contributed by atoms with Crippen LogP contribution in [0.3, 0.4) is 0 Å². The number of nitrogens with zero attached hydrogens (tertiary/aromatic N) is 6. The Labute approximate surface area is 280 Å². The molecular weight excluding hydrogens is 651 g/mol. The lowest BCUT2D eigenvalue weighted by molar-refractivity contribution is -0.192. The van der Waals surface area contributed by atoms with Crippen LogP contribution in [0.1, 0.15) is 37.3 Å².